The molecule has 1 unspecified atom stereocenters. The number of rotatable bonds is 6. The third-order valence-electron chi connectivity index (χ3n) is 4.18. The Labute approximate surface area is 157 Å². The van der Waals surface area contributed by atoms with Gasteiger partial charge in [0.05, 0.1) is 7.11 Å². The first-order valence-electron chi connectivity index (χ1n) is 7.93. The molecule has 5 nitrogen and oxygen atoms in total. The summed E-state index contributed by atoms with van der Waals surface area (Å²) in [5.74, 6) is 0.0237. The molecule has 1 saturated heterocycles. The third kappa shape index (κ3) is 6.42. The van der Waals surface area contributed by atoms with E-state index in [1.165, 1.54) is 7.11 Å². The molecule has 1 aliphatic rings. The van der Waals surface area contributed by atoms with Crippen molar-refractivity contribution < 1.29 is 14.3 Å². The summed E-state index contributed by atoms with van der Waals surface area (Å²) in [6.07, 6.45) is 3.53. The molecular formula is C17H24BrClN2O3. The Bertz CT molecular complexity index is 533. The first kappa shape index (κ1) is 20.9. The van der Waals surface area contributed by atoms with E-state index < -0.39 is 12.0 Å². The Morgan fingerprint density at radius 3 is 2.50 bits per heavy atom. The molecule has 0 bridgehead atoms. The van der Waals surface area contributed by atoms with Gasteiger partial charge in [-0.05, 0) is 56.0 Å². The highest BCUT2D eigenvalue weighted by molar-refractivity contribution is 9.10. The minimum atomic E-state index is -0.756. The Balaban J connectivity index is 0.00000288. The van der Waals surface area contributed by atoms with Crippen molar-refractivity contribution in [1.29, 1.82) is 0 Å². The van der Waals surface area contributed by atoms with Gasteiger partial charge in [0.15, 0.2) is 6.04 Å². The Hall–Kier alpha value is -1.11. The van der Waals surface area contributed by atoms with Gasteiger partial charge in [0.25, 0.3) is 0 Å². The lowest BCUT2D eigenvalue weighted by atomic mass is 9.93. The SMILES string of the molecule is COC(=O)C(NC(=O)CCC1CCNCC1)c1ccc(Br)cc1.Cl. The predicted octanol–water partition coefficient (Wildman–Crippen LogP) is 2.98. The van der Waals surface area contributed by atoms with Crippen LogP contribution < -0.4 is 10.6 Å². The van der Waals surface area contributed by atoms with Gasteiger partial charge in [-0.1, -0.05) is 28.1 Å². The van der Waals surface area contributed by atoms with Crippen molar-refractivity contribution >= 4 is 40.2 Å². The number of methoxy groups -OCH3 is 1. The van der Waals surface area contributed by atoms with Crippen LogP contribution in [0.2, 0.25) is 0 Å². The fraction of sp³-hybridized carbons (Fsp3) is 0.529. The summed E-state index contributed by atoms with van der Waals surface area (Å²) in [7, 11) is 1.33. The summed E-state index contributed by atoms with van der Waals surface area (Å²) in [6.45, 7) is 2.05. The molecule has 1 fully saturated rings. The lowest BCUT2D eigenvalue weighted by molar-refractivity contribution is -0.145. The smallest absolute Gasteiger partial charge is 0.333 e. The number of esters is 1. The normalized spacial score (nSPS) is 15.9. The molecule has 134 valence electrons. The van der Waals surface area contributed by atoms with E-state index >= 15 is 0 Å². The maximum Gasteiger partial charge on any atom is 0.333 e. The van der Waals surface area contributed by atoms with Crippen molar-refractivity contribution in [2.45, 2.75) is 31.7 Å². The second-order valence-electron chi connectivity index (χ2n) is 5.81. The van der Waals surface area contributed by atoms with Crippen LogP contribution in [0.25, 0.3) is 0 Å². The summed E-state index contributed by atoms with van der Waals surface area (Å²) >= 11 is 3.36. The number of ether oxygens (including phenoxy) is 1. The van der Waals surface area contributed by atoms with Crippen molar-refractivity contribution in [3.63, 3.8) is 0 Å². The average molecular weight is 420 g/mol. The summed E-state index contributed by atoms with van der Waals surface area (Å²) in [6, 6.07) is 6.53. The molecule has 0 spiro atoms. The summed E-state index contributed by atoms with van der Waals surface area (Å²) in [5.41, 5.74) is 0.718. The first-order valence-corrected chi connectivity index (χ1v) is 8.73. The zero-order valence-electron chi connectivity index (χ0n) is 13.7. The van der Waals surface area contributed by atoms with Crippen LogP contribution in [0, 0.1) is 5.92 Å². The van der Waals surface area contributed by atoms with E-state index in [4.69, 9.17) is 4.74 Å². The van der Waals surface area contributed by atoms with E-state index in [1.807, 2.05) is 12.1 Å². The maximum atomic E-state index is 12.2. The van der Waals surface area contributed by atoms with Gasteiger partial charge in [0.1, 0.15) is 0 Å². The van der Waals surface area contributed by atoms with Crippen molar-refractivity contribution in [1.82, 2.24) is 10.6 Å². The number of hydrogen-bond donors (Lipinski definition) is 2. The van der Waals surface area contributed by atoms with Crippen LogP contribution in [0.1, 0.15) is 37.3 Å². The van der Waals surface area contributed by atoms with Gasteiger partial charge in [-0.3, -0.25) is 4.79 Å². The molecule has 1 amide bonds. The maximum absolute atomic E-state index is 12.2. The van der Waals surface area contributed by atoms with Gasteiger partial charge < -0.3 is 15.4 Å². The topological polar surface area (TPSA) is 67.4 Å². The molecule has 0 saturated carbocycles. The molecule has 0 aliphatic carbocycles. The summed E-state index contributed by atoms with van der Waals surface area (Å²) < 4.78 is 5.74. The van der Waals surface area contributed by atoms with Crippen LogP contribution in [-0.2, 0) is 14.3 Å². The number of benzene rings is 1. The quantitative estimate of drug-likeness (QED) is 0.696. The Morgan fingerprint density at radius 1 is 1.29 bits per heavy atom. The van der Waals surface area contributed by atoms with Crippen LogP contribution in [0.5, 0.6) is 0 Å². The highest BCUT2D eigenvalue weighted by atomic mass is 79.9. The number of amides is 1. The monoisotopic (exact) mass is 418 g/mol. The molecule has 0 radical (unpaired) electrons. The van der Waals surface area contributed by atoms with Crippen LogP contribution in [-0.4, -0.2) is 32.1 Å². The predicted molar refractivity (Wildman–Crippen MR) is 99.1 cm³/mol. The lowest BCUT2D eigenvalue weighted by Crippen LogP contribution is -2.35. The van der Waals surface area contributed by atoms with E-state index in [1.54, 1.807) is 12.1 Å². The fourth-order valence-corrected chi connectivity index (χ4v) is 3.05. The molecule has 1 heterocycles. The van der Waals surface area contributed by atoms with Crippen LogP contribution in [0.4, 0.5) is 0 Å². The minimum absolute atomic E-state index is 0. The summed E-state index contributed by atoms with van der Waals surface area (Å²) in [4.78, 5) is 24.2. The van der Waals surface area contributed by atoms with Crippen molar-refractivity contribution in [2.75, 3.05) is 20.2 Å². The zero-order valence-corrected chi connectivity index (χ0v) is 16.1. The number of carbonyl (C=O) groups excluding carboxylic acids is 2. The van der Waals surface area contributed by atoms with Crippen LogP contribution in [0.3, 0.4) is 0 Å². The molecule has 1 atom stereocenters. The van der Waals surface area contributed by atoms with Gasteiger partial charge in [0, 0.05) is 10.9 Å². The molecule has 1 aromatic carbocycles. The van der Waals surface area contributed by atoms with Crippen molar-refractivity contribution in [3.05, 3.63) is 34.3 Å². The van der Waals surface area contributed by atoms with Gasteiger partial charge in [-0.15, -0.1) is 12.4 Å². The number of nitrogens with one attached hydrogen (secondary N) is 2. The lowest BCUT2D eigenvalue weighted by Gasteiger charge is -2.23. The highest BCUT2D eigenvalue weighted by Crippen LogP contribution is 2.20. The standard InChI is InChI=1S/C17H23BrN2O3.ClH/c1-23-17(22)16(13-3-5-14(18)6-4-13)20-15(21)7-2-12-8-10-19-11-9-12;/h3-6,12,16,19H,2,7-11H2,1H3,(H,20,21);1H. The minimum Gasteiger partial charge on any atom is -0.467 e. The molecule has 7 heteroatoms. The molecule has 2 N–H and O–H groups in total. The molecule has 24 heavy (non-hydrogen) atoms. The van der Waals surface area contributed by atoms with E-state index in [9.17, 15) is 9.59 Å². The fourth-order valence-electron chi connectivity index (χ4n) is 2.79. The number of piperidine rings is 1. The van der Waals surface area contributed by atoms with E-state index in [0.717, 1.165) is 42.4 Å². The van der Waals surface area contributed by atoms with E-state index in [0.29, 0.717) is 12.3 Å². The van der Waals surface area contributed by atoms with Gasteiger partial charge in [-0.2, -0.15) is 0 Å². The molecule has 2 rings (SSSR count). The van der Waals surface area contributed by atoms with Crippen molar-refractivity contribution in [2.24, 2.45) is 5.92 Å². The number of halogens is 2. The number of hydrogen-bond acceptors (Lipinski definition) is 4. The Morgan fingerprint density at radius 2 is 1.92 bits per heavy atom. The largest absolute Gasteiger partial charge is 0.467 e. The second kappa shape index (κ2) is 10.7. The van der Waals surface area contributed by atoms with Crippen molar-refractivity contribution in [3.8, 4) is 0 Å². The molecule has 1 aliphatic heterocycles. The summed E-state index contributed by atoms with van der Waals surface area (Å²) in [5, 5.41) is 6.12. The third-order valence-corrected chi connectivity index (χ3v) is 4.71. The molecule has 1 aromatic rings. The average Bonchev–Trinajstić information content (AvgIpc) is 2.59. The molecular weight excluding hydrogens is 396 g/mol. The Kier molecular flexibility index (Phi) is 9.33. The number of carbonyl (C=O) groups is 2. The van der Waals surface area contributed by atoms with E-state index in [-0.39, 0.29) is 18.3 Å². The van der Waals surface area contributed by atoms with Gasteiger partial charge in [-0.25, -0.2) is 4.79 Å². The van der Waals surface area contributed by atoms with Crippen LogP contribution >= 0.6 is 28.3 Å². The van der Waals surface area contributed by atoms with Gasteiger partial charge in [0.2, 0.25) is 5.91 Å². The van der Waals surface area contributed by atoms with E-state index in [2.05, 4.69) is 26.6 Å². The zero-order chi connectivity index (χ0) is 16.7. The van der Waals surface area contributed by atoms with Crippen LogP contribution in [0.15, 0.2) is 28.7 Å². The highest BCUT2D eigenvalue weighted by Gasteiger charge is 2.24. The second-order valence-corrected chi connectivity index (χ2v) is 6.72. The molecule has 0 aromatic heterocycles. The first-order chi connectivity index (χ1) is 11.1. The van der Waals surface area contributed by atoms with Gasteiger partial charge >= 0.3 is 5.97 Å².